The molecule has 0 saturated carbocycles. The Kier molecular flexibility index (Phi) is 3.30. The lowest BCUT2D eigenvalue weighted by molar-refractivity contribution is -0.114. The second kappa shape index (κ2) is 5.49. The maximum Gasteiger partial charge on any atom is 0.280 e. The Morgan fingerprint density at radius 2 is 1.88 bits per heavy atom. The van der Waals surface area contributed by atoms with Crippen LogP contribution in [0.2, 0.25) is 0 Å². The van der Waals surface area contributed by atoms with E-state index in [4.69, 9.17) is 9.47 Å². The molecule has 0 saturated heterocycles. The Hall–Kier alpha value is -3.15. The zero-order valence-electron chi connectivity index (χ0n) is 12.8. The molecule has 0 radical (unpaired) electrons. The third kappa shape index (κ3) is 2.42. The molecule has 6 heteroatoms. The van der Waals surface area contributed by atoms with Gasteiger partial charge in [0, 0.05) is 0 Å². The number of fused-ring (bicyclic) bond motifs is 1. The van der Waals surface area contributed by atoms with Crippen molar-refractivity contribution in [1.82, 2.24) is 0 Å². The van der Waals surface area contributed by atoms with Crippen LogP contribution in [0.25, 0.3) is 6.08 Å². The molecule has 0 bridgehead atoms. The van der Waals surface area contributed by atoms with E-state index in [1.54, 1.807) is 19.1 Å². The Morgan fingerprint density at radius 1 is 1.12 bits per heavy atom. The molecule has 2 aromatic rings. The number of rotatable bonds is 2. The SMILES string of the molecule is CC1=NN(c2ccc(F)cc2)C(=O)C1=Cc1ccc2c(c1)OCO2. The summed E-state index contributed by atoms with van der Waals surface area (Å²) < 4.78 is 23.7. The third-order valence-corrected chi connectivity index (χ3v) is 3.84. The van der Waals surface area contributed by atoms with Crippen molar-refractivity contribution in [3.63, 3.8) is 0 Å². The highest BCUT2D eigenvalue weighted by atomic mass is 19.1. The van der Waals surface area contributed by atoms with E-state index in [-0.39, 0.29) is 18.5 Å². The molecule has 5 nitrogen and oxygen atoms in total. The summed E-state index contributed by atoms with van der Waals surface area (Å²) in [6.45, 7) is 1.97. The van der Waals surface area contributed by atoms with Crippen LogP contribution < -0.4 is 14.5 Å². The van der Waals surface area contributed by atoms with Gasteiger partial charge in [0.1, 0.15) is 5.82 Å². The lowest BCUT2D eigenvalue weighted by Crippen LogP contribution is -2.21. The number of anilines is 1. The summed E-state index contributed by atoms with van der Waals surface area (Å²) in [5, 5.41) is 5.54. The van der Waals surface area contributed by atoms with Crippen molar-refractivity contribution in [3.05, 3.63) is 59.4 Å². The minimum atomic E-state index is -0.359. The van der Waals surface area contributed by atoms with Gasteiger partial charge in [-0.1, -0.05) is 6.07 Å². The molecule has 2 aliphatic rings. The molecule has 120 valence electrons. The second-order valence-electron chi connectivity index (χ2n) is 5.45. The molecule has 0 atom stereocenters. The van der Waals surface area contributed by atoms with Gasteiger partial charge in [-0.3, -0.25) is 4.79 Å². The van der Waals surface area contributed by atoms with E-state index in [0.29, 0.717) is 28.5 Å². The molecule has 0 unspecified atom stereocenters. The minimum absolute atomic E-state index is 0.202. The lowest BCUT2D eigenvalue weighted by atomic mass is 10.1. The maximum absolute atomic E-state index is 13.0. The number of halogens is 1. The van der Waals surface area contributed by atoms with E-state index in [1.807, 2.05) is 12.1 Å². The molecule has 24 heavy (non-hydrogen) atoms. The molecule has 0 aromatic heterocycles. The van der Waals surface area contributed by atoms with Gasteiger partial charge < -0.3 is 9.47 Å². The first-order chi connectivity index (χ1) is 11.6. The Morgan fingerprint density at radius 3 is 2.67 bits per heavy atom. The Labute approximate surface area is 137 Å². The van der Waals surface area contributed by atoms with Gasteiger partial charge in [-0.05, 0) is 55.0 Å². The first kappa shape index (κ1) is 14.4. The predicted octanol–water partition coefficient (Wildman–Crippen LogP) is 3.36. The Balaban J connectivity index is 1.66. The van der Waals surface area contributed by atoms with Crippen LogP contribution in [-0.4, -0.2) is 18.4 Å². The largest absolute Gasteiger partial charge is 0.454 e. The molecule has 2 aliphatic heterocycles. The zero-order valence-corrected chi connectivity index (χ0v) is 12.8. The summed E-state index contributed by atoms with van der Waals surface area (Å²) in [6.07, 6.45) is 1.76. The summed E-state index contributed by atoms with van der Waals surface area (Å²) in [5.41, 5.74) is 2.42. The van der Waals surface area contributed by atoms with Gasteiger partial charge in [-0.25, -0.2) is 4.39 Å². The second-order valence-corrected chi connectivity index (χ2v) is 5.45. The predicted molar refractivity (Wildman–Crippen MR) is 87.5 cm³/mol. The summed E-state index contributed by atoms with van der Waals surface area (Å²) in [6, 6.07) is 11.1. The zero-order chi connectivity index (χ0) is 16.7. The molecule has 2 aromatic carbocycles. The van der Waals surface area contributed by atoms with Gasteiger partial charge in [-0.2, -0.15) is 10.1 Å². The highest BCUT2D eigenvalue weighted by Gasteiger charge is 2.28. The van der Waals surface area contributed by atoms with Crippen molar-refractivity contribution in [3.8, 4) is 11.5 Å². The average Bonchev–Trinajstić information content (AvgIpc) is 3.15. The number of carbonyl (C=O) groups excluding carboxylic acids is 1. The first-order valence-electron chi connectivity index (χ1n) is 7.39. The van der Waals surface area contributed by atoms with Crippen LogP contribution in [0.3, 0.4) is 0 Å². The fourth-order valence-electron chi connectivity index (χ4n) is 2.61. The normalized spacial score (nSPS) is 17.6. The third-order valence-electron chi connectivity index (χ3n) is 3.84. The van der Waals surface area contributed by atoms with Crippen molar-refractivity contribution in [1.29, 1.82) is 0 Å². The van der Waals surface area contributed by atoms with E-state index in [9.17, 15) is 9.18 Å². The molecule has 4 rings (SSSR count). The molecule has 0 spiro atoms. The van der Waals surface area contributed by atoms with Crippen molar-refractivity contribution in [2.45, 2.75) is 6.92 Å². The van der Waals surface area contributed by atoms with E-state index in [1.165, 1.54) is 29.3 Å². The van der Waals surface area contributed by atoms with Crippen molar-refractivity contribution < 1.29 is 18.7 Å². The monoisotopic (exact) mass is 324 g/mol. The number of hydrogen-bond acceptors (Lipinski definition) is 4. The number of carbonyl (C=O) groups is 1. The highest BCUT2D eigenvalue weighted by Crippen LogP contribution is 2.33. The first-order valence-corrected chi connectivity index (χ1v) is 7.39. The molecule has 0 aliphatic carbocycles. The number of amides is 1. The standard InChI is InChI=1S/C18H13FN2O3/c1-11-15(8-12-2-7-16-17(9-12)24-10-23-16)18(22)21(20-11)14-5-3-13(19)4-6-14/h2-9H,10H2,1H3. The summed E-state index contributed by atoms with van der Waals surface area (Å²) in [4.78, 5) is 12.6. The van der Waals surface area contributed by atoms with Gasteiger partial charge in [0.2, 0.25) is 6.79 Å². The molecule has 1 amide bonds. The van der Waals surface area contributed by atoms with E-state index in [2.05, 4.69) is 5.10 Å². The van der Waals surface area contributed by atoms with Crippen molar-refractivity contribution in [2.75, 3.05) is 11.8 Å². The van der Waals surface area contributed by atoms with E-state index >= 15 is 0 Å². The van der Waals surface area contributed by atoms with E-state index < -0.39 is 0 Å². The molecule has 2 heterocycles. The summed E-state index contributed by atoms with van der Waals surface area (Å²) in [5.74, 6) is 0.729. The van der Waals surface area contributed by atoms with Gasteiger partial charge in [0.25, 0.3) is 5.91 Å². The number of ether oxygens (including phenoxy) is 2. The Bertz CT molecular complexity index is 888. The van der Waals surface area contributed by atoms with Crippen LogP contribution in [0.1, 0.15) is 12.5 Å². The van der Waals surface area contributed by atoms with Crippen molar-refractivity contribution >= 4 is 23.4 Å². The van der Waals surface area contributed by atoms with Crippen LogP contribution >= 0.6 is 0 Å². The van der Waals surface area contributed by atoms with Gasteiger partial charge in [0.05, 0.1) is 17.0 Å². The fraction of sp³-hybridized carbons (Fsp3) is 0.111. The van der Waals surface area contributed by atoms with Crippen LogP contribution in [0, 0.1) is 5.82 Å². The van der Waals surface area contributed by atoms with Crippen molar-refractivity contribution in [2.24, 2.45) is 5.10 Å². The fourth-order valence-corrected chi connectivity index (χ4v) is 2.61. The van der Waals surface area contributed by atoms with E-state index in [0.717, 1.165) is 5.56 Å². The maximum atomic E-state index is 13.0. The topological polar surface area (TPSA) is 51.1 Å². The smallest absolute Gasteiger partial charge is 0.280 e. The van der Waals surface area contributed by atoms with Crippen LogP contribution in [0.4, 0.5) is 10.1 Å². The van der Waals surface area contributed by atoms with Gasteiger partial charge >= 0.3 is 0 Å². The lowest BCUT2D eigenvalue weighted by Gasteiger charge is -2.11. The van der Waals surface area contributed by atoms with Gasteiger partial charge in [0.15, 0.2) is 11.5 Å². The highest BCUT2D eigenvalue weighted by molar-refractivity contribution is 6.32. The number of hydrazone groups is 1. The quantitative estimate of drug-likeness (QED) is 0.796. The number of nitrogens with zero attached hydrogens (tertiary/aromatic N) is 2. The van der Waals surface area contributed by atoms with Crippen LogP contribution in [0.5, 0.6) is 11.5 Å². The van der Waals surface area contributed by atoms with Gasteiger partial charge in [-0.15, -0.1) is 0 Å². The molecular formula is C18H13FN2O3. The average molecular weight is 324 g/mol. The summed E-state index contributed by atoms with van der Waals surface area (Å²) in [7, 11) is 0. The number of hydrogen-bond donors (Lipinski definition) is 0. The number of benzene rings is 2. The molecular weight excluding hydrogens is 311 g/mol. The minimum Gasteiger partial charge on any atom is -0.454 e. The molecule has 0 N–H and O–H groups in total. The molecule has 0 fully saturated rings. The van der Waals surface area contributed by atoms with Crippen LogP contribution in [-0.2, 0) is 4.79 Å². The van der Waals surface area contributed by atoms with Crippen LogP contribution in [0.15, 0.2) is 53.1 Å². The summed E-state index contributed by atoms with van der Waals surface area (Å²) >= 11 is 0.